The van der Waals surface area contributed by atoms with Gasteiger partial charge in [-0.15, -0.1) is 4.73 Å². The zero-order chi connectivity index (χ0) is 11.7. The van der Waals surface area contributed by atoms with Crippen molar-refractivity contribution in [2.24, 2.45) is 4.99 Å². The van der Waals surface area contributed by atoms with E-state index >= 15 is 0 Å². The van der Waals surface area contributed by atoms with Crippen LogP contribution in [0.3, 0.4) is 0 Å². The van der Waals surface area contributed by atoms with Crippen LogP contribution >= 0.6 is 0 Å². The highest BCUT2D eigenvalue weighted by atomic mass is 16.5. The number of rotatable bonds is 2. The van der Waals surface area contributed by atoms with Gasteiger partial charge in [-0.05, 0) is 6.07 Å². The molecular weight excluding hydrogens is 208 g/mol. The summed E-state index contributed by atoms with van der Waals surface area (Å²) in [6.07, 6.45) is 0. The fraction of sp³-hybridized carbons (Fsp3) is 0.300. The molecule has 0 aliphatic rings. The second-order valence-corrected chi connectivity index (χ2v) is 3.29. The minimum atomic E-state index is 0.172. The van der Waals surface area contributed by atoms with E-state index in [4.69, 9.17) is 4.42 Å². The van der Waals surface area contributed by atoms with Gasteiger partial charge in [-0.1, -0.05) is 0 Å². The third-order valence-electron chi connectivity index (χ3n) is 2.44. The summed E-state index contributed by atoms with van der Waals surface area (Å²) in [6, 6.07) is 3.60. The van der Waals surface area contributed by atoms with E-state index in [1.807, 2.05) is 20.2 Å². The number of nitrogens with one attached hydrogen (secondary N) is 2. The van der Waals surface area contributed by atoms with Gasteiger partial charge in [0.15, 0.2) is 5.58 Å². The molecule has 2 rings (SSSR count). The lowest BCUT2D eigenvalue weighted by Gasteiger charge is -2.07. The highest BCUT2D eigenvalue weighted by molar-refractivity contribution is 5.86. The highest BCUT2D eigenvalue weighted by Crippen LogP contribution is 2.26. The van der Waals surface area contributed by atoms with Crippen LogP contribution < -0.4 is 16.3 Å². The van der Waals surface area contributed by atoms with Crippen molar-refractivity contribution in [3.05, 3.63) is 17.8 Å². The Bertz CT molecular complexity index is 582. The Morgan fingerprint density at radius 1 is 1.25 bits per heavy atom. The predicted octanol–water partition coefficient (Wildman–Crippen LogP) is 1.09. The third-order valence-corrected chi connectivity index (χ3v) is 2.44. The van der Waals surface area contributed by atoms with E-state index in [1.165, 1.54) is 0 Å². The quantitative estimate of drug-likeness (QED) is 0.665. The van der Waals surface area contributed by atoms with Gasteiger partial charge in [0.1, 0.15) is 5.52 Å². The molecule has 0 saturated heterocycles. The van der Waals surface area contributed by atoms with Crippen molar-refractivity contribution in [1.29, 1.82) is 0 Å². The Morgan fingerprint density at radius 3 is 2.44 bits per heavy atom. The summed E-state index contributed by atoms with van der Waals surface area (Å²) in [5.41, 5.74) is 3.09. The first kappa shape index (κ1) is 10.4. The molecule has 1 aromatic heterocycles. The second-order valence-electron chi connectivity index (χ2n) is 3.29. The minimum Gasteiger partial charge on any atom is -0.424 e. The lowest BCUT2D eigenvalue weighted by Crippen LogP contribution is -2.12. The van der Waals surface area contributed by atoms with Crippen LogP contribution in [0.25, 0.3) is 11.1 Å². The zero-order valence-electron chi connectivity index (χ0n) is 9.40. The maximum Gasteiger partial charge on any atom is 0.331 e. The highest BCUT2D eigenvalue weighted by Gasteiger charge is 2.10. The van der Waals surface area contributed by atoms with Crippen LogP contribution in [0, 0.1) is 0 Å². The monoisotopic (exact) mass is 222 g/mol. The third kappa shape index (κ3) is 1.39. The Balaban J connectivity index is 2.81. The van der Waals surface area contributed by atoms with E-state index in [0.717, 1.165) is 16.1 Å². The molecule has 2 aromatic rings. The first-order valence-corrected chi connectivity index (χ1v) is 4.88. The fourth-order valence-corrected chi connectivity index (χ4v) is 1.61. The Labute approximate surface area is 92.2 Å². The van der Waals surface area contributed by atoms with Crippen molar-refractivity contribution >= 4 is 22.5 Å². The molecule has 0 unspecified atom stereocenters. The largest absolute Gasteiger partial charge is 0.424 e. The number of aromatic nitrogens is 1. The van der Waals surface area contributed by atoms with Crippen LogP contribution in [0.2, 0.25) is 0 Å². The van der Waals surface area contributed by atoms with E-state index in [2.05, 4.69) is 15.6 Å². The molecule has 0 aliphatic heterocycles. The van der Waals surface area contributed by atoms with E-state index < -0.39 is 0 Å². The van der Waals surface area contributed by atoms with Gasteiger partial charge in [0.05, 0.1) is 11.4 Å². The van der Waals surface area contributed by atoms with Crippen LogP contribution in [0.1, 0.15) is 0 Å². The summed E-state index contributed by atoms with van der Waals surface area (Å²) in [5, 5.41) is 15.8. The van der Waals surface area contributed by atoms with Crippen LogP contribution in [0.5, 0.6) is 0 Å². The first-order valence-electron chi connectivity index (χ1n) is 4.88. The van der Waals surface area contributed by atoms with E-state index in [1.54, 1.807) is 13.1 Å². The zero-order valence-corrected chi connectivity index (χ0v) is 9.40. The van der Waals surface area contributed by atoms with Crippen LogP contribution in [0.4, 0.5) is 11.4 Å². The molecule has 0 bridgehead atoms. The number of anilines is 2. The molecule has 3 N–H and O–H groups in total. The standard InChI is InChI=1S/C10H14N4O2/c1-11-6-4-8-9(5-7(6)12-2)16-10(13-3)14(8)15/h4-5,11-12,15H,1-3H3. The lowest BCUT2D eigenvalue weighted by molar-refractivity contribution is 0.167. The molecule has 0 aliphatic carbocycles. The SMILES string of the molecule is CN=c1oc2cc(NC)c(NC)cc2n1O. The average Bonchev–Trinajstić information content (AvgIpc) is 2.63. The predicted molar refractivity (Wildman–Crippen MR) is 62.0 cm³/mol. The molecule has 1 aromatic carbocycles. The topological polar surface area (TPSA) is 74.7 Å². The summed E-state index contributed by atoms with van der Waals surface area (Å²) < 4.78 is 6.29. The van der Waals surface area contributed by atoms with E-state index in [-0.39, 0.29) is 5.68 Å². The fourth-order valence-electron chi connectivity index (χ4n) is 1.61. The molecule has 0 atom stereocenters. The molecule has 1 heterocycles. The molecule has 0 amide bonds. The van der Waals surface area contributed by atoms with Crippen molar-refractivity contribution in [1.82, 2.24) is 4.73 Å². The van der Waals surface area contributed by atoms with Gasteiger partial charge in [0.2, 0.25) is 0 Å². The maximum atomic E-state index is 9.75. The van der Waals surface area contributed by atoms with Gasteiger partial charge in [0.25, 0.3) is 0 Å². The smallest absolute Gasteiger partial charge is 0.331 e. The first-order chi connectivity index (χ1) is 7.71. The molecule has 0 saturated carbocycles. The molecule has 86 valence electrons. The van der Waals surface area contributed by atoms with Gasteiger partial charge < -0.3 is 20.3 Å². The van der Waals surface area contributed by atoms with Crippen molar-refractivity contribution in [3.8, 4) is 0 Å². The van der Waals surface area contributed by atoms with E-state index in [9.17, 15) is 5.21 Å². The van der Waals surface area contributed by atoms with Crippen LogP contribution in [-0.4, -0.2) is 31.1 Å². The average molecular weight is 222 g/mol. The summed E-state index contributed by atoms with van der Waals surface area (Å²) in [7, 11) is 5.19. The molecule has 0 fully saturated rings. The molecule has 16 heavy (non-hydrogen) atoms. The van der Waals surface area contributed by atoms with Gasteiger partial charge in [-0.3, -0.25) is 0 Å². The number of hydrogen-bond donors (Lipinski definition) is 3. The number of benzene rings is 1. The van der Waals surface area contributed by atoms with Gasteiger partial charge in [0, 0.05) is 27.2 Å². The van der Waals surface area contributed by atoms with Crippen molar-refractivity contribution in [2.45, 2.75) is 0 Å². The molecule has 6 heteroatoms. The Hall–Kier alpha value is -2.11. The summed E-state index contributed by atoms with van der Waals surface area (Å²) in [4.78, 5) is 3.82. The number of nitrogens with zero attached hydrogens (tertiary/aromatic N) is 2. The molecule has 0 radical (unpaired) electrons. The lowest BCUT2D eigenvalue weighted by atomic mass is 10.2. The summed E-state index contributed by atoms with van der Waals surface area (Å²) in [5.74, 6) is 0. The minimum absolute atomic E-state index is 0.172. The second kappa shape index (κ2) is 3.80. The van der Waals surface area contributed by atoms with Gasteiger partial charge in [-0.25, -0.2) is 4.99 Å². The van der Waals surface area contributed by atoms with Crippen molar-refractivity contribution < 1.29 is 9.62 Å². The molecule has 0 spiro atoms. The summed E-state index contributed by atoms with van der Waals surface area (Å²) in [6.45, 7) is 0. The summed E-state index contributed by atoms with van der Waals surface area (Å²) >= 11 is 0. The molecule has 6 nitrogen and oxygen atoms in total. The van der Waals surface area contributed by atoms with E-state index in [0.29, 0.717) is 11.1 Å². The molecular formula is C10H14N4O2. The van der Waals surface area contributed by atoms with Crippen molar-refractivity contribution in [2.75, 3.05) is 31.8 Å². The van der Waals surface area contributed by atoms with Crippen LogP contribution in [-0.2, 0) is 0 Å². The number of hydrogen-bond acceptors (Lipinski definition) is 5. The normalized spacial score (nSPS) is 12.1. The number of oxazole rings is 1. The van der Waals surface area contributed by atoms with Crippen LogP contribution in [0.15, 0.2) is 21.5 Å². The number of fused-ring (bicyclic) bond motifs is 1. The Morgan fingerprint density at radius 2 is 1.88 bits per heavy atom. The van der Waals surface area contributed by atoms with Gasteiger partial charge in [-0.2, -0.15) is 0 Å². The van der Waals surface area contributed by atoms with Gasteiger partial charge >= 0.3 is 5.68 Å². The maximum absolute atomic E-state index is 9.75. The van der Waals surface area contributed by atoms with Crippen molar-refractivity contribution in [3.63, 3.8) is 0 Å². The Kier molecular flexibility index (Phi) is 2.47.